The van der Waals surface area contributed by atoms with Crippen molar-refractivity contribution in [1.29, 1.82) is 0 Å². The molecule has 0 fully saturated rings. The first-order chi connectivity index (χ1) is 6.37. The fraction of sp³-hybridized carbons (Fsp3) is 0.727. The monoisotopic (exact) mass is 199 g/mol. The summed E-state index contributed by atoms with van der Waals surface area (Å²) in [7, 11) is 1.40. The molecule has 0 aromatic rings. The van der Waals surface area contributed by atoms with Crippen molar-refractivity contribution in [3.05, 3.63) is 11.6 Å². The normalized spacial score (nSPS) is 12.8. The largest absolute Gasteiger partial charge is 0.466 e. The van der Waals surface area contributed by atoms with Gasteiger partial charge in [0.15, 0.2) is 0 Å². The molecule has 0 aliphatic rings. The lowest BCUT2D eigenvalue weighted by Crippen LogP contribution is -2.36. The van der Waals surface area contributed by atoms with E-state index < -0.39 is 0 Å². The molecular weight excluding hydrogens is 178 g/mol. The molecule has 0 saturated heterocycles. The summed E-state index contributed by atoms with van der Waals surface area (Å²) in [5.41, 5.74) is 0.802. The molecule has 0 amide bonds. The topological polar surface area (TPSA) is 38.3 Å². The summed E-state index contributed by atoms with van der Waals surface area (Å²) in [6.07, 6.45) is 2.74. The maximum atomic E-state index is 11.0. The molecule has 0 radical (unpaired) electrons. The first-order valence-corrected chi connectivity index (χ1v) is 4.87. The van der Waals surface area contributed by atoms with Crippen LogP contribution in [-0.4, -0.2) is 25.2 Å². The highest BCUT2D eigenvalue weighted by Crippen LogP contribution is 2.00. The van der Waals surface area contributed by atoms with E-state index in [0.717, 1.165) is 13.0 Å². The van der Waals surface area contributed by atoms with E-state index in [-0.39, 0.29) is 11.5 Å². The predicted molar refractivity (Wildman–Crippen MR) is 58.1 cm³/mol. The van der Waals surface area contributed by atoms with Gasteiger partial charge in [0.05, 0.1) is 7.11 Å². The SMILES string of the molecule is COC(=O)C(C)=CCCNC(C)(C)C. The smallest absolute Gasteiger partial charge is 0.333 e. The van der Waals surface area contributed by atoms with Crippen LogP contribution in [0.5, 0.6) is 0 Å². The Hall–Kier alpha value is -0.830. The van der Waals surface area contributed by atoms with E-state index >= 15 is 0 Å². The minimum absolute atomic E-state index is 0.132. The Kier molecular flexibility index (Phi) is 5.46. The van der Waals surface area contributed by atoms with Gasteiger partial charge in [-0.2, -0.15) is 0 Å². The Bertz CT molecular complexity index is 214. The summed E-state index contributed by atoms with van der Waals surface area (Å²) in [6.45, 7) is 8.98. The molecule has 0 aromatic heterocycles. The summed E-state index contributed by atoms with van der Waals surface area (Å²) in [5, 5.41) is 3.34. The first kappa shape index (κ1) is 13.2. The van der Waals surface area contributed by atoms with E-state index in [2.05, 4.69) is 30.8 Å². The molecule has 0 bridgehead atoms. The minimum Gasteiger partial charge on any atom is -0.466 e. The minimum atomic E-state index is -0.249. The van der Waals surface area contributed by atoms with E-state index in [1.807, 2.05) is 6.08 Å². The van der Waals surface area contributed by atoms with Gasteiger partial charge in [0, 0.05) is 11.1 Å². The van der Waals surface area contributed by atoms with Crippen molar-refractivity contribution in [3.8, 4) is 0 Å². The predicted octanol–water partition coefficient (Wildman–Crippen LogP) is 1.88. The Balaban J connectivity index is 3.77. The van der Waals surface area contributed by atoms with Gasteiger partial charge in [-0.3, -0.25) is 0 Å². The van der Waals surface area contributed by atoms with Crippen LogP contribution in [0, 0.1) is 0 Å². The molecule has 0 aliphatic heterocycles. The zero-order chi connectivity index (χ0) is 11.2. The fourth-order valence-corrected chi connectivity index (χ4v) is 0.980. The van der Waals surface area contributed by atoms with Crippen LogP contribution in [0.1, 0.15) is 34.1 Å². The Morgan fingerprint density at radius 2 is 2.00 bits per heavy atom. The Morgan fingerprint density at radius 1 is 1.43 bits per heavy atom. The maximum Gasteiger partial charge on any atom is 0.333 e. The van der Waals surface area contributed by atoms with Crippen molar-refractivity contribution in [2.75, 3.05) is 13.7 Å². The van der Waals surface area contributed by atoms with E-state index in [1.54, 1.807) is 6.92 Å². The summed E-state index contributed by atoms with van der Waals surface area (Å²) in [5.74, 6) is -0.249. The lowest BCUT2D eigenvalue weighted by atomic mass is 10.1. The van der Waals surface area contributed by atoms with E-state index in [4.69, 9.17) is 0 Å². The zero-order valence-electron chi connectivity index (χ0n) is 9.81. The van der Waals surface area contributed by atoms with Crippen molar-refractivity contribution >= 4 is 5.97 Å². The van der Waals surface area contributed by atoms with Gasteiger partial charge < -0.3 is 10.1 Å². The van der Waals surface area contributed by atoms with Crippen molar-refractivity contribution in [1.82, 2.24) is 5.32 Å². The number of hydrogen-bond acceptors (Lipinski definition) is 3. The lowest BCUT2D eigenvalue weighted by molar-refractivity contribution is -0.136. The number of nitrogens with one attached hydrogen (secondary N) is 1. The molecule has 0 heterocycles. The molecule has 3 nitrogen and oxygen atoms in total. The molecule has 0 aromatic carbocycles. The van der Waals surface area contributed by atoms with Crippen LogP contribution < -0.4 is 5.32 Å². The zero-order valence-corrected chi connectivity index (χ0v) is 9.81. The third kappa shape index (κ3) is 6.66. The average molecular weight is 199 g/mol. The second-order valence-corrected chi connectivity index (χ2v) is 4.34. The number of esters is 1. The van der Waals surface area contributed by atoms with Gasteiger partial charge in [0.1, 0.15) is 0 Å². The molecule has 1 N–H and O–H groups in total. The van der Waals surface area contributed by atoms with E-state index in [0.29, 0.717) is 5.57 Å². The second-order valence-electron chi connectivity index (χ2n) is 4.34. The molecule has 0 saturated carbocycles. The highest BCUT2D eigenvalue weighted by atomic mass is 16.5. The van der Waals surface area contributed by atoms with Gasteiger partial charge in [0.25, 0.3) is 0 Å². The summed E-state index contributed by atoms with van der Waals surface area (Å²) in [6, 6.07) is 0. The van der Waals surface area contributed by atoms with Gasteiger partial charge in [-0.25, -0.2) is 4.79 Å². The molecule has 0 spiro atoms. The van der Waals surface area contributed by atoms with Crippen LogP contribution in [-0.2, 0) is 9.53 Å². The Labute approximate surface area is 86.5 Å². The van der Waals surface area contributed by atoms with Crippen LogP contribution in [0.25, 0.3) is 0 Å². The average Bonchev–Trinajstić information content (AvgIpc) is 2.09. The van der Waals surface area contributed by atoms with Crippen LogP contribution in [0.4, 0.5) is 0 Å². The van der Waals surface area contributed by atoms with Gasteiger partial charge in [-0.1, -0.05) is 6.08 Å². The second kappa shape index (κ2) is 5.81. The van der Waals surface area contributed by atoms with E-state index in [1.165, 1.54) is 7.11 Å². The number of carbonyl (C=O) groups is 1. The summed E-state index contributed by atoms with van der Waals surface area (Å²) >= 11 is 0. The lowest BCUT2D eigenvalue weighted by Gasteiger charge is -2.19. The molecule has 82 valence electrons. The highest BCUT2D eigenvalue weighted by molar-refractivity contribution is 5.87. The Morgan fingerprint density at radius 3 is 2.43 bits per heavy atom. The van der Waals surface area contributed by atoms with Gasteiger partial charge in [-0.05, 0) is 40.7 Å². The molecule has 0 rings (SSSR count). The summed E-state index contributed by atoms with van der Waals surface area (Å²) in [4.78, 5) is 11.0. The first-order valence-electron chi connectivity index (χ1n) is 4.87. The third-order valence-electron chi connectivity index (χ3n) is 1.76. The number of methoxy groups -OCH3 is 1. The van der Waals surface area contributed by atoms with Crippen LogP contribution in [0.3, 0.4) is 0 Å². The molecule has 3 heteroatoms. The molecule has 0 atom stereocenters. The standard InChI is InChI=1S/C11H21NO2/c1-9(10(13)14-5)7-6-8-12-11(2,3)4/h7,12H,6,8H2,1-5H3. The van der Waals surface area contributed by atoms with Crippen molar-refractivity contribution in [3.63, 3.8) is 0 Å². The molecule has 0 aliphatic carbocycles. The van der Waals surface area contributed by atoms with Gasteiger partial charge in [0.2, 0.25) is 0 Å². The van der Waals surface area contributed by atoms with Crippen LogP contribution in [0.15, 0.2) is 11.6 Å². The number of carbonyl (C=O) groups excluding carboxylic acids is 1. The molecule has 0 unspecified atom stereocenters. The fourth-order valence-electron chi connectivity index (χ4n) is 0.980. The number of ether oxygens (including phenoxy) is 1. The third-order valence-corrected chi connectivity index (χ3v) is 1.76. The maximum absolute atomic E-state index is 11.0. The van der Waals surface area contributed by atoms with Gasteiger partial charge in [-0.15, -0.1) is 0 Å². The van der Waals surface area contributed by atoms with Crippen molar-refractivity contribution in [2.24, 2.45) is 0 Å². The van der Waals surface area contributed by atoms with E-state index in [9.17, 15) is 4.79 Å². The van der Waals surface area contributed by atoms with Crippen LogP contribution >= 0.6 is 0 Å². The number of rotatable bonds is 4. The van der Waals surface area contributed by atoms with Crippen LogP contribution in [0.2, 0.25) is 0 Å². The molecule has 14 heavy (non-hydrogen) atoms. The van der Waals surface area contributed by atoms with Gasteiger partial charge >= 0.3 is 5.97 Å². The summed E-state index contributed by atoms with van der Waals surface area (Å²) < 4.78 is 4.58. The van der Waals surface area contributed by atoms with Crippen molar-refractivity contribution < 1.29 is 9.53 Å². The quantitative estimate of drug-likeness (QED) is 0.427. The molecular formula is C11H21NO2. The number of hydrogen-bond donors (Lipinski definition) is 1. The van der Waals surface area contributed by atoms with Crippen molar-refractivity contribution in [2.45, 2.75) is 39.7 Å². The highest BCUT2D eigenvalue weighted by Gasteiger charge is 2.07.